The molecule has 1 aliphatic rings. The number of piperidine rings is 1. The molecule has 134 valence electrons. The van der Waals surface area contributed by atoms with E-state index in [4.69, 9.17) is 9.47 Å². The summed E-state index contributed by atoms with van der Waals surface area (Å²) < 4.78 is 10.8. The number of amides is 1. The maximum atomic E-state index is 12.6. The van der Waals surface area contributed by atoms with E-state index >= 15 is 0 Å². The summed E-state index contributed by atoms with van der Waals surface area (Å²) in [6.07, 6.45) is 4.44. The molecule has 1 heterocycles. The van der Waals surface area contributed by atoms with E-state index in [9.17, 15) is 4.79 Å². The summed E-state index contributed by atoms with van der Waals surface area (Å²) in [7, 11) is 1.64. The van der Waals surface area contributed by atoms with Crippen LogP contribution in [0.5, 0.6) is 11.5 Å². The van der Waals surface area contributed by atoms with Crippen LogP contribution in [0.4, 0.5) is 0 Å². The van der Waals surface area contributed by atoms with E-state index in [0.29, 0.717) is 19.1 Å². The van der Waals surface area contributed by atoms with Gasteiger partial charge in [0.2, 0.25) is 5.91 Å². The summed E-state index contributed by atoms with van der Waals surface area (Å²) in [5.74, 6) is 1.89. The van der Waals surface area contributed by atoms with E-state index in [-0.39, 0.29) is 5.91 Å². The number of methoxy groups -OCH3 is 1. The largest absolute Gasteiger partial charge is 0.497 e. The zero-order chi connectivity index (χ0) is 17.2. The van der Waals surface area contributed by atoms with Gasteiger partial charge < -0.3 is 19.7 Å². The number of carbonyl (C=O) groups is 1. The van der Waals surface area contributed by atoms with Crippen molar-refractivity contribution in [3.63, 3.8) is 0 Å². The maximum absolute atomic E-state index is 12.6. The van der Waals surface area contributed by atoms with Crippen LogP contribution in [0.2, 0.25) is 0 Å². The van der Waals surface area contributed by atoms with Crippen LogP contribution in [0.3, 0.4) is 0 Å². The van der Waals surface area contributed by atoms with E-state index in [1.54, 1.807) is 7.11 Å². The molecule has 1 aliphatic heterocycles. The molecule has 5 heteroatoms. The molecule has 0 bridgehead atoms. The molecule has 1 aromatic rings. The van der Waals surface area contributed by atoms with Crippen LogP contribution in [0.25, 0.3) is 0 Å². The molecule has 24 heavy (non-hydrogen) atoms. The lowest BCUT2D eigenvalue weighted by Crippen LogP contribution is -2.46. The Labute approximate surface area is 145 Å². The Morgan fingerprint density at radius 1 is 1.21 bits per heavy atom. The van der Waals surface area contributed by atoms with E-state index in [0.717, 1.165) is 56.8 Å². The van der Waals surface area contributed by atoms with Crippen molar-refractivity contribution < 1.29 is 14.3 Å². The molecule has 0 radical (unpaired) electrons. The zero-order valence-electron chi connectivity index (χ0n) is 14.9. The van der Waals surface area contributed by atoms with Crippen molar-refractivity contribution in [1.82, 2.24) is 10.2 Å². The molecule has 5 nitrogen and oxygen atoms in total. The van der Waals surface area contributed by atoms with Gasteiger partial charge in [0.1, 0.15) is 11.5 Å². The van der Waals surface area contributed by atoms with Crippen LogP contribution in [0, 0.1) is 0 Å². The summed E-state index contributed by atoms with van der Waals surface area (Å²) in [5.41, 5.74) is 0. The summed E-state index contributed by atoms with van der Waals surface area (Å²) in [5, 5.41) is 3.36. The zero-order valence-corrected chi connectivity index (χ0v) is 14.9. The molecule has 0 unspecified atom stereocenters. The molecule has 1 fully saturated rings. The molecule has 0 aromatic heterocycles. The Morgan fingerprint density at radius 3 is 2.50 bits per heavy atom. The number of nitrogens with zero attached hydrogens (tertiary/aromatic N) is 1. The van der Waals surface area contributed by atoms with E-state index in [1.165, 1.54) is 0 Å². The van der Waals surface area contributed by atoms with Crippen LogP contribution < -0.4 is 14.8 Å². The van der Waals surface area contributed by atoms with E-state index in [2.05, 4.69) is 17.1 Å². The summed E-state index contributed by atoms with van der Waals surface area (Å²) in [6.45, 7) is 5.58. The van der Waals surface area contributed by atoms with Gasteiger partial charge in [0, 0.05) is 19.0 Å². The highest BCUT2D eigenvalue weighted by molar-refractivity contribution is 5.76. The predicted molar refractivity (Wildman–Crippen MR) is 95.6 cm³/mol. The highest BCUT2D eigenvalue weighted by atomic mass is 16.5. The molecular formula is C19H30N2O3. The van der Waals surface area contributed by atoms with Gasteiger partial charge in [0.05, 0.1) is 13.7 Å². The fourth-order valence-corrected chi connectivity index (χ4v) is 3.10. The van der Waals surface area contributed by atoms with Crippen LogP contribution >= 0.6 is 0 Å². The van der Waals surface area contributed by atoms with Crippen molar-refractivity contribution in [2.45, 2.75) is 45.1 Å². The minimum Gasteiger partial charge on any atom is -0.497 e. The minimum absolute atomic E-state index is 0.266. The van der Waals surface area contributed by atoms with Gasteiger partial charge in [-0.3, -0.25) is 4.79 Å². The van der Waals surface area contributed by atoms with Crippen LogP contribution in [0.15, 0.2) is 24.3 Å². The number of hydrogen-bond donors (Lipinski definition) is 1. The van der Waals surface area contributed by atoms with Crippen molar-refractivity contribution in [2.24, 2.45) is 0 Å². The van der Waals surface area contributed by atoms with Gasteiger partial charge in [0.25, 0.3) is 0 Å². The molecule has 1 amide bonds. The smallest absolute Gasteiger partial charge is 0.222 e. The fraction of sp³-hybridized carbons (Fsp3) is 0.632. The first-order valence-corrected chi connectivity index (χ1v) is 9.01. The maximum Gasteiger partial charge on any atom is 0.222 e. The Balaban J connectivity index is 1.73. The standard InChI is InChI=1S/C19H30N2O3/c1-3-14-21(16-10-12-20-13-11-16)19(22)5-4-15-24-18-8-6-17(23-2)7-9-18/h6-9,16,20H,3-5,10-15H2,1-2H3. The SMILES string of the molecule is CCCN(C(=O)CCCOc1ccc(OC)cc1)C1CCNCC1. The van der Waals surface area contributed by atoms with Gasteiger partial charge in [-0.15, -0.1) is 0 Å². The lowest BCUT2D eigenvalue weighted by molar-refractivity contribution is -0.134. The van der Waals surface area contributed by atoms with Gasteiger partial charge in [-0.25, -0.2) is 0 Å². The summed E-state index contributed by atoms with van der Waals surface area (Å²) >= 11 is 0. The second kappa shape index (κ2) is 10.2. The molecule has 0 saturated carbocycles. The number of nitrogens with one attached hydrogen (secondary N) is 1. The highest BCUT2D eigenvalue weighted by Gasteiger charge is 2.24. The van der Waals surface area contributed by atoms with Crippen molar-refractivity contribution >= 4 is 5.91 Å². The van der Waals surface area contributed by atoms with E-state index < -0.39 is 0 Å². The lowest BCUT2D eigenvalue weighted by atomic mass is 10.0. The normalized spacial score (nSPS) is 15.1. The third-order valence-electron chi connectivity index (χ3n) is 4.40. The molecule has 1 N–H and O–H groups in total. The Kier molecular flexibility index (Phi) is 7.89. The molecule has 1 saturated heterocycles. The molecule has 0 aliphatic carbocycles. The third-order valence-corrected chi connectivity index (χ3v) is 4.40. The van der Waals surface area contributed by atoms with E-state index in [1.807, 2.05) is 24.3 Å². The van der Waals surface area contributed by atoms with Gasteiger partial charge >= 0.3 is 0 Å². The van der Waals surface area contributed by atoms with Gasteiger partial charge in [-0.2, -0.15) is 0 Å². The van der Waals surface area contributed by atoms with Crippen LogP contribution in [-0.4, -0.2) is 50.2 Å². The van der Waals surface area contributed by atoms with Crippen LogP contribution in [-0.2, 0) is 4.79 Å². The summed E-state index contributed by atoms with van der Waals surface area (Å²) in [6, 6.07) is 7.93. The lowest BCUT2D eigenvalue weighted by Gasteiger charge is -2.34. The van der Waals surface area contributed by atoms with Crippen molar-refractivity contribution in [2.75, 3.05) is 33.4 Å². The molecule has 2 rings (SSSR count). The molecular weight excluding hydrogens is 304 g/mol. The molecule has 1 aromatic carbocycles. The van der Waals surface area contributed by atoms with Crippen molar-refractivity contribution in [3.05, 3.63) is 24.3 Å². The number of ether oxygens (including phenoxy) is 2. The topological polar surface area (TPSA) is 50.8 Å². The first-order chi connectivity index (χ1) is 11.7. The fourth-order valence-electron chi connectivity index (χ4n) is 3.10. The van der Waals surface area contributed by atoms with Crippen molar-refractivity contribution in [1.29, 1.82) is 0 Å². The average molecular weight is 334 g/mol. The highest BCUT2D eigenvalue weighted by Crippen LogP contribution is 2.18. The Hall–Kier alpha value is -1.75. The molecule has 0 atom stereocenters. The summed E-state index contributed by atoms with van der Waals surface area (Å²) in [4.78, 5) is 14.7. The second-order valence-electron chi connectivity index (χ2n) is 6.20. The van der Waals surface area contributed by atoms with Gasteiger partial charge in [0.15, 0.2) is 0 Å². The number of benzene rings is 1. The number of carbonyl (C=O) groups excluding carboxylic acids is 1. The molecule has 0 spiro atoms. The quantitative estimate of drug-likeness (QED) is 0.706. The minimum atomic E-state index is 0.266. The number of rotatable bonds is 9. The first-order valence-electron chi connectivity index (χ1n) is 9.01. The average Bonchev–Trinajstić information content (AvgIpc) is 2.64. The monoisotopic (exact) mass is 334 g/mol. The predicted octanol–water partition coefficient (Wildman–Crippen LogP) is 2.84. The number of hydrogen-bond acceptors (Lipinski definition) is 4. The third kappa shape index (κ3) is 5.71. The van der Waals surface area contributed by atoms with Crippen molar-refractivity contribution in [3.8, 4) is 11.5 Å². The van der Waals surface area contributed by atoms with Gasteiger partial charge in [-0.05, 0) is 63.0 Å². The Bertz CT molecular complexity index is 484. The Morgan fingerprint density at radius 2 is 1.88 bits per heavy atom. The van der Waals surface area contributed by atoms with Gasteiger partial charge in [-0.1, -0.05) is 6.92 Å². The van der Waals surface area contributed by atoms with Crippen LogP contribution in [0.1, 0.15) is 39.0 Å². The second-order valence-corrected chi connectivity index (χ2v) is 6.20. The first kappa shape index (κ1) is 18.6.